The Morgan fingerprint density at radius 3 is 2.06 bits per heavy atom. The molecule has 0 radical (unpaired) electrons. The van der Waals surface area contributed by atoms with E-state index in [-0.39, 0.29) is 5.41 Å². The van der Waals surface area contributed by atoms with Crippen LogP contribution in [0, 0.1) is 13.8 Å². The van der Waals surface area contributed by atoms with E-state index >= 15 is 0 Å². The van der Waals surface area contributed by atoms with Crippen LogP contribution in [0.4, 0.5) is 0 Å². The number of rotatable bonds is 1. The Balaban J connectivity index is 2.67. The van der Waals surface area contributed by atoms with Gasteiger partial charge in [0.1, 0.15) is 0 Å². The van der Waals surface area contributed by atoms with Crippen LogP contribution in [0.2, 0.25) is 0 Å². The molecule has 0 atom stereocenters. The fraction of sp³-hybridized carbons (Fsp3) is 0.438. The van der Waals surface area contributed by atoms with Crippen LogP contribution in [0.25, 0.3) is 11.3 Å². The second-order valence-corrected chi connectivity index (χ2v) is 6.05. The van der Waals surface area contributed by atoms with Gasteiger partial charge in [0.15, 0.2) is 0 Å². The Hall–Kier alpha value is -1.57. The fourth-order valence-corrected chi connectivity index (χ4v) is 2.60. The monoisotopic (exact) mass is 242 g/mol. The molecule has 0 saturated carbocycles. The first-order valence-electron chi connectivity index (χ1n) is 6.42. The van der Waals surface area contributed by atoms with Gasteiger partial charge in [-0.2, -0.15) is 5.10 Å². The molecule has 0 N–H and O–H groups in total. The Morgan fingerprint density at radius 1 is 1.00 bits per heavy atom. The van der Waals surface area contributed by atoms with Crippen molar-refractivity contribution in [3.05, 3.63) is 41.1 Å². The zero-order valence-electron chi connectivity index (χ0n) is 12.2. The molecule has 2 aromatic rings. The lowest BCUT2D eigenvalue weighted by Gasteiger charge is -2.20. The fourth-order valence-electron chi connectivity index (χ4n) is 2.60. The minimum atomic E-state index is 0.110. The van der Waals surface area contributed by atoms with Crippen LogP contribution >= 0.6 is 0 Å². The summed E-state index contributed by atoms with van der Waals surface area (Å²) in [6.07, 6.45) is 0. The van der Waals surface area contributed by atoms with Crippen LogP contribution in [0.15, 0.2) is 24.3 Å². The van der Waals surface area contributed by atoms with Crippen molar-refractivity contribution in [2.24, 2.45) is 7.05 Å². The van der Waals surface area contributed by atoms with E-state index in [9.17, 15) is 0 Å². The largest absolute Gasteiger partial charge is 0.267 e. The lowest BCUT2D eigenvalue weighted by atomic mass is 9.83. The molecule has 0 aliphatic carbocycles. The molecule has 0 unspecified atom stereocenters. The summed E-state index contributed by atoms with van der Waals surface area (Å²) in [5.74, 6) is 0. The van der Waals surface area contributed by atoms with Gasteiger partial charge in [-0.15, -0.1) is 0 Å². The third kappa shape index (κ3) is 2.20. The molecule has 0 saturated heterocycles. The van der Waals surface area contributed by atoms with Crippen LogP contribution < -0.4 is 0 Å². The van der Waals surface area contributed by atoms with Crippen molar-refractivity contribution in [2.75, 3.05) is 0 Å². The molecule has 0 spiro atoms. The highest BCUT2D eigenvalue weighted by atomic mass is 15.3. The Labute approximate surface area is 110 Å². The van der Waals surface area contributed by atoms with Gasteiger partial charge in [0, 0.05) is 18.2 Å². The summed E-state index contributed by atoms with van der Waals surface area (Å²) in [6, 6.07) is 8.68. The SMILES string of the molecule is Cc1ccc(-c2c(C(C)(C)C)c(C)nn2C)cc1. The second kappa shape index (κ2) is 4.27. The van der Waals surface area contributed by atoms with E-state index in [1.807, 2.05) is 11.7 Å². The molecule has 0 bridgehead atoms. The summed E-state index contributed by atoms with van der Waals surface area (Å²) in [6.45, 7) is 10.9. The number of aromatic nitrogens is 2. The first-order chi connectivity index (χ1) is 8.30. The number of nitrogens with zero attached hydrogens (tertiary/aromatic N) is 2. The Morgan fingerprint density at radius 2 is 1.56 bits per heavy atom. The molecule has 96 valence electrons. The smallest absolute Gasteiger partial charge is 0.0719 e. The zero-order chi connectivity index (χ0) is 13.5. The minimum absolute atomic E-state index is 0.110. The highest BCUT2D eigenvalue weighted by Gasteiger charge is 2.25. The summed E-state index contributed by atoms with van der Waals surface area (Å²) in [7, 11) is 2.03. The number of hydrogen-bond donors (Lipinski definition) is 0. The van der Waals surface area contributed by atoms with E-state index in [0.29, 0.717) is 0 Å². The van der Waals surface area contributed by atoms with Gasteiger partial charge in [0.2, 0.25) is 0 Å². The zero-order valence-corrected chi connectivity index (χ0v) is 12.2. The summed E-state index contributed by atoms with van der Waals surface area (Å²) in [5, 5.41) is 4.59. The van der Waals surface area contributed by atoms with E-state index in [2.05, 4.69) is 64.0 Å². The lowest BCUT2D eigenvalue weighted by Crippen LogP contribution is -2.13. The summed E-state index contributed by atoms with van der Waals surface area (Å²) < 4.78 is 2.00. The van der Waals surface area contributed by atoms with Crippen molar-refractivity contribution in [1.82, 2.24) is 9.78 Å². The molecule has 2 rings (SSSR count). The summed E-state index contributed by atoms with van der Waals surface area (Å²) in [4.78, 5) is 0. The van der Waals surface area contributed by atoms with Crippen LogP contribution in [-0.4, -0.2) is 9.78 Å². The van der Waals surface area contributed by atoms with Crippen LogP contribution in [0.1, 0.15) is 37.6 Å². The summed E-state index contributed by atoms with van der Waals surface area (Å²) in [5.41, 5.74) is 6.34. The van der Waals surface area contributed by atoms with Gasteiger partial charge in [0.25, 0.3) is 0 Å². The molecule has 0 fully saturated rings. The van der Waals surface area contributed by atoms with Gasteiger partial charge >= 0.3 is 0 Å². The number of aryl methyl sites for hydroxylation is 3. The third-order valence-corrected chi connectivity index (χ3v) is 3.30. The van der Waals surface area contributed by atoms with E-state index in [1.54, 1.807) is 0 Å². The molecule has 0 amide bonds. The van der Waals surface area contributed by atoms with E-state index in [1.165, 1.54) is 22.4 Å². The normalized spacial score (nSPS) is 11.9. The van der Waals surface area contributed by atoms with Crippen LogP contribution in [0.3, 0.4) is 0 Å². The molecule has 1 heterocycles. The maximum Gasteiger partial charge on any atom is 0.0719 e. The predicted octanol–water partition coefficient (Wildman–Crippen LogP) is 4.00. The molecule has 1 aromatic carbocycles. The first kappa shape index (κ1) is 12.9. The van der Waals surface area contributed by atoms with E-state index in [0.717, 1.165) is 5.69 Å². The van der Waals surface area contributed by atoms with E-state index < -0.39 is 0 Å². The molecule has 18 heavy (non-hydrogen) atoms. The van der Waals surface area contributed by atoms with Gasteiger partial charge in [-0.1, -0.05) is 50.6 Å². The second-order valence-electron chi connectivity index (χ2n) is 6.05. The molecule has 0 aliphatic heterocycles. The lowest BCUT2D eigenvalue weighted by molar-refractivity contribution is 0.587. The molecule has 2 nitrogen and oxygen atoms in total. The molecular weight excluding hydrogens is 220 g/mol. The molecular formula is C16H22N2. The van der Waals surface area contributed by atoms with Crippen molar-refractivity contribution in [2.45, 2.75) is 40.0 Å². The van der Waals surface area contributed by atoms with E-state index in [4.69, 9.17) is 0 Å². The molecule has 2 heteroatoms. The van der Waals surface area contributed by atoms with Crippen molar-refractivity contribution in [3.8, 4) is 11.3 Å². The third-order valence-electron chi connectivity index (χ3n) is 3.30. The van der Waals surface area contributed by atoms with Gasteiger partial charge < -0.3 is 0 Å². The van der Waals surface area contributed by atoms with Gasteiger partial charge in [-0.3, -0.25) is 4.68 Å². The van der Waals surface area contributed by atoms with Crippen molar-refractivity contribution in [3.63, 3.8) is 0 Å². The van der Waals surface area contributed by atoms with Gasteiger partial charge in [0.05, 0.1) is 11.4 Å². The highest BCUT2D eigenvalue weighted by molar-refractivity contribution is 5.66. The van der Waals surface area contributed by atoms with Crippen LogP contribution in [0.5, 0.6) is 0 Å². The van der Waals surface area contributed by atoms with Crippen molar-refractivity contribution >= 4 is 0 Å². The highest BCUT2D eigenvalue weighted by Crippen LogP contribution is 2.35. The number of benzene rings is 1. The van der Waals surface area contributed by atoms with Crippen molar-refractivity contribution < 1.29 is 0 Å². The average Bonchev–Trinajstić information content (AvgIpc) is 2.54. The Bertz CT molecular complexity index is 554. The van der Waals surface area contributed by atoms with Crippen LogP contribution in [-0.2, 0) is 12.5 Å². The average molecular weight is 242 g/mol. The van der Waals surface area contributed by atoms with Crippen molar-refractivity contribution in [1.29, 1.82) is 0 Å². The predicted molar refractivity (Wildman–Crippen MR) is 76.8 cm³/mol. The number of hydrogen-bond acceptors (Lipinski definition) is 1. The maximum absolute atomic E-state index is 4.59. The standard InChI is InChI=1S/C16H22N2/c1-11-7-9-13(10-8-11)15-14(16(3,4)5)12(2)17-18(15)6/h7-10H,1-6H3. The maximum atomic E-state index is 4.59. The quantitative estimate of drug-likeness (QED) is 0.739. The Kier molecular flexibility index (Phi) is 3.05. The topological polar surface area (TPSA) is 17.8 Å². The van der Waals surface area contributed by atoms with Gasteiger partial charge in [-0.25, -0.2) is 0 Å². The summed E-state index contributed by atoms with van der Waals surface area (Å²) >= 11 is 0. The first-order valence-corrected chi connectivity index (χ1v) is 6.42. The molecule has 1 aromatic heterocycles. The molecule has 0 aliphatic rings. The minimum Gasteiger partial charge on any atom is -0.267 e. The van der Waals surface area contributed by atoms with Gasteiger partial charge in [-0.05, 0) is 19.3 Å².